The molecule has 0 atom stereocenters. The number of benzene rings is 1. The summed E-state index contributed by atoms with van der Waals surface area (Å²) >= 11 is 5.98. The minimum atomic E-state index is -0.992. The number of aliphatic carboxylic acids is 1. The smallest absolute Gasteiger partial charge is 0.323 e. The molecule has 0 aliphatic heterocycles. The number of carboxylic acids is 1. The fourth-order valence-corrected chi connectivity index (χ4v) is 1.97. The average Bonchev–Trinajstić information content (AvgIpc) is 3.12. The summed E-state index contributed by atoms with van der Waals surface area (Å²) < 4.78 is 0. The number of rotatable bonds is 4. The molecule has 0 bridgehead atoms. The molecule has 2 rings (SSSR count). The van der Waals surface area contributed by atoms with Gasteiger partial charge in [0.25, 0.3) is 5.91 Å². The molecule has 1 aliphatic rings. The lowest BCUT2D eigenvalue weighted by atomic mass is 10.1. The maximum atomic E-state index is 12.2. The second-order valence-electron chi connectivity index (χ2n) is 4.52. The summed E-state index contributed by atoms with van der Waals surface area (Å²) in [5.74, 6) is -1.25. The molecule has 0 spiro atoms. The van der Waals surface area contributed by atoms with Crippen LogP contribution < -0.4 is 0 Å². The van der Waals surface area contributed by atoms with Crippen molar-refractivity contribution in [2.24, 2.45) is 0 Å². The minimum absolute atomic E-state index is 0.0636. The highest BCUT2D eigenvalue weighted by Crippen LogP contribution is 2.28. The highest BCUT2D eigenvalue weighted by Gasteiger charge is 2.34. The number of nitrogens with zero attached hydrogens (tertiary/aromatic N) is 1. The summed E-state index contributed by atoms with van der Waals surface area (Å²) in [4.78, 5) is 24.4. The van der Waals surface area contributed by atoms with Crippen molar-refractivity contribution in [1.82, 2.24) is 4.90 Å². The van der Waals surface area contributed by atoms with Crippen LogP contribution in [0.15, 0.2) is 18.2 Å². The lowest BCUT2D eigenvalue weighted by Crippen LogP contribution is -2.37. The number of halogens is 1. The number of amides is 1. The summed E-state index contributed by atoms with van der Waals surface area (Å²) in [5.41, 5.74) is 1.34. The van der Waals surface area contributed by atoms with E-state index >= 15 is 0 Å². The van der Waals surface area contributed by atoms with Gasteiger partial charge in [-0.25, -0.2) is 0 Å². The first kappa shape index (κ1) is 12.9. The van der Waals surface area contributed by atoms with Crippen molar-refractivity contribution in [3.05, 3.63) is 34.3 Å². The van der Waals surface area contributed by atoms with E-state index in [0.29, 0.717) is 10.6 Å². The first-order chi connectivity index (χ1) is 8.49. The molecule has 1 aromatic rings. The first-order valence-corrected chi connectivity index (χ1v) is 6.15. The van der Waals surface area contributed by atoms with Gasteiger partial charge in [0, 0.05) is 16.6 Å². The minimum Gasteiger partial charge on any atom is -0.480 e. The van der Waals surface area contributed by atoms with Gasteiger partial charge in [0.15, 0.2) is 0 Å². The molecule has 0 unspecified atom stereocenters. The molecule has 5 heteroatoms. The molecule has 0 aromatic heterocycles. The monoisotopic (exact) mass is 267 g/mol. The Morgan fingerprint density at radius 3 is 2.61 bits per heavy atom. The molecule has 18 heavy (non-hydrogen) atoms. The molecule has 0 radical (unpaired) electrons. The number of aryl methyl sites for hydroxylation is 1. The molecule has 96 valence electrons. The van der Waals surface area contributed by atoms with E-state index in [9.17, 15) is 9.59 Å². The molecular formula is C13H14ClNO3. The molecular weight excluding hydrogens is 254 g/mol. The quantitative estimate of drug-likeness (QED) is 0.911. The third-order valence-corrected chi connectivity index (χ3v) is 3.38. The Morgan fingerprint density at radius 2 is 2.11 bits per heavy atom. The molecule has 4 nitrogen and oxygen atoms in total. The van der Waals surface area contributed by atoms with Gasteiger partial charge < -0.3 is 10.0 Å². The Labute approximate surface area is 110 Å². The van der Waals surface area contributed by atoms with Crippen molar-refractivity contribution in [2.75, 3.05) is 6.54 Å². The van der Waals surface area contributed by atoms with Crippen molar-refractivity contribution in [1.29, 1.82) is 0 Å². The Morgan fingerprint density at radius 1 is 1.44 bits per heavy atom. The molecule has 1 amide bonds. The Balaban J connectivity index is 2.21. The summed E-state index contributed by atoms with van der Waals surface area (Å²) in [5, 5.41) is 9.36. The van der Waals surface area contributed by atoms with E-state index < -0.39 is 5.97 Å². The zero-order valence-electron chi connectivity index (χ0n) is 10.0. The van der Waals surface area contributed by atoms with E-state index in [1.54, 1.807) is 18.2 Å². The highest BCUT2D eigenvalue weighted by molar-refractivity contribution is 6.31. The summed E-state index contributed by atoms with van der Waals surface area (Å²) in [6, 6.07) is 5.10. The predicted octanol–water partition coefficient (Wildman–Crippen LogP) is 2.34. The number of hydrogen-bond acceptors (Lipinski definition) is 2. The van der Waals surface area contributed by atoms with E-state index in [-0.39, 0.29) is 18.5 Å². The van der Waals surface area contributed by atoms with E-state index in [1.165, 1.54) is 4.90 Å². The average molecular weight is 268 g/mol. The van der Waals surface area contributed by atoms with Crippen LogP contribution >= 0.6 is 11.6 Å². The number of carboxylic acid groups (broad SMARTS) is 1. The molecule has 1 N–H and O–H groups in total. The predicted molar refractivity (Wildman–Crippen MR) is 67.9 cm³/mol. The third kappa shape index (κ3) is 2.82. The summed E-state index contributed by atoms with van der Waals surface area (Å²) in [6.45, 7) is 1.60. The molecule has 1 aliphatic carbocycles. The normalized spacial score (nSPS) is 14.3. The molecule has 1 saturated carbocycles. The lowest BCUT2D eigenvalue weighted by Gasteiger charge is -2.20. The topological polar surface area (TPSA) is 57.6 Å². The van der Waals surface area contributed by atoms with Crippen LogP contribution in [-0.2, 0) is 4.79 Å². The highest BCUT2D eigenvalue weighted by atomic mass is 35.5. The van der Waals surface area contributed by atoms with Crippen LogP contribution in [0.3, 0.4) is 0 Å². The zero-order chi connectivity index (χ0) is 13.3. The maximum Gasteiger partial charge on any atom is 0.323 e. The van der Waals surface area contributed by atoms with Crippen molar-refractivity contribution in [3.8, 4) is 0 Å². The summed E-state index contributed by atoms with van der Waals surface area (Å²) in [7, 11) is 0. The van der Waals surface area contributed by atoms with E-state index in [0.717, 1.165) is 18.4 Å². The van der Waals surface area contributed by atoms with Gasteiger partial charge in [-0.3, -0.25) is 9.59 Å². The van der Waals surface area contributed by atoms with Crippen LogP contribution in [0.25, 0.3) is 0 Å². The zero-order valence-corrected chi connectivity index (χ0v) is 10.8. The van der Waals surface area contributed by atoms with Crippen LogP contribution in [0.2, 0.25) is 5.02 Å². The van der Waals surface area contributed by atoms with Gasteiger partial charge >= 0.3 is 5.97 Å². The standard InChI is InChI=1S/C13H14ClNO3/c1-8-2-3-9(6-11(8)14)13(18)15(7-12(16)17)10-4-5-10/h2-3,6,10H,4-5,7H2,1H3,(H,16,17). The summed E-state index contributed by atoms with van der Waals surface area (Å²) in [6.07, 6.45) is 1.75. The largest absolute Gasteiger partial charge is 0.480 e. The van der Waals surface area contributed by atoms with Crippen LogP contribution in [-0.4, -0.2) is 34.5 Å². The number of hydrogen-bond donors (Lipinski definition) is 1. The lowest BCUT2D eigenvalue weighted by molar-refractivity contribution is -0.137. The second kappa shape index (κ2) is 4.98. The van der Waals surface area contributed by atoms with Crippen molar-refractivity contribution >= 4 is 23.5 Å². The van der Waals surface area contributed by atoms with Crippen LogP contribution in [0.1, 0.15) is 28.8 Å². The van der Waals surface area contributed by atoms with Gasteiger partial charge in [-0.2, -0.15) is 0 Å². The first-order valence-electron chi connectivity index (χ1n) is 5.78. The van der Waals surface area contributed by atoms with Crippen LogP contribution in [0, 0.1) is 6.92 Å². The number of carbonyl (C=O) groups excluding carboxylic acids is 1. The van der Waals surface area contributed by atoms with Gasteiger partial charge in [-0.05, 0) is 37.5 Å². The second-order valence-corrected chi connectivity index (χ2v) is 4.93. The van der Waals surface area contributed by atoms with Crippen molar-refractivity contribution in [2.45, 2.75) is 25.8 Å². The maximum absolute atomic E-state index is 12.2. The van der Waals surface area contributed by atoms with Gasteiger partial charge in [0.05, 0.1) is 0 Å². The SMILES string of the molecule is Cc1ccc(C(=O)N(CC(=O)O)C2CC2)cc1Cl. The van der Waals surface area contributed by atoms with E-state index in [1.807, 2.05) is 6.92 Å². The van der Waals surface area contributed by atoms with Gasteiger partial charge in [0.1, 0.15) is 6.54 Å². The Hall–Kier alpha value is -1.55. The van der Waals surface area contributed by atoms with E-state index in [4.69, 9.17) is 16.7 Å². The fraction of sp³-hybridized carbons (Fsp3) is 0.385. The van der Waals surface area contributed by atoms with Crippen molar-refractivity contribution < 1.29 is 14.7 Å². The van der Waals surface area contributed by atoms with Crippen LogP contribution in [0.5, 0.6) is 0 Å². The van der Waals surface area contributed by atoms with Crippen molar-refractivity contribution in [3.63, 3.8) is 0 Å². The molecule has 1 fully saturated rings. The van der Waals surface area contributed by atoms with Crippen LogP contribution in [0.4, 0.5) is 0 Å². The van der Waals surface area contributed by atoms with Gasteiger partial charge in [-0.1, -0.05) is 17.7 Å². The Bertz CT molecular complexity index is 497. The number of carbonyl (C=O) groups is 2. The molecule has 0 heterocycles. The third-order valence-electron chi connectivity index (χ3n) is 2.97. The fourth-order valence-electron chi connectivity index (χ4n) is 1.79. The molecule has 0 saturated heterocycles. The van der Waals surface area contributed by atoms with E-state index in [2.05, 4.69) is 0 Å². The van der Waals surface area contributed by atoms with Gasteiger partial charge in [0.2, 0.25) is 0 Å². The Kier molecular flexibility index (Phi) is 3.57. The van der Waals surface area contributed by atoms with Gasteiger partial charge in [-0.15, -0.1) is 0 Å². The molecule has 1 aromatic carbocycles.